The van der Waals surface area contributed by atoms with Gasteiger partial charge in [0.1, 0.15) is 5.75 Å². The van der Waals surface area contributed by atoms with Crippen LogP contribution in [0.2, 0.25) is 0 Å². The standard InChI is InChI=1S/C20H20OS/c1-20(2)13-14-22-19-16(10-6-11-17(19)20)9-5-8-15-7-3-4-12-18(15)21/h3-4,6-7,10-12,21H,9,13-14H2,1-2H3. The van der Waals surface area contributed by atoms with E-state index in [1.165, 1.54) is 28.2 Å². The van der Waals surface area contributed by atoms with Crippen molar-refractivity contribution in [3.05, 3.63) is 59.2 Å². The second-order valence-corrected chi connectivity index (χ2v) is 7.38. The topological polar surface area (TPSA) is 20.2 Å². The lowest BCUT2D eigenvalue weighted by Gasteiger charge is -2.33. The first-order valence-electron chi connectivity index (χ1n) is 7.60. The van der Waals surface area contributed by atoms with Gasteiger partial charge in [-0.2, -0.15) is 0 Å². The molecule has 0 amide bonds. The number of hydrogen-bond acceptors (Lipinski definition) is 2. The highest BCUT2D eigenvalue weighted by atomic mass is 32.2. The summed E-state index contributed by atoms with van der Waals surface area (Å²) >= 11 is 1.95. The molecule has 1 N–H and O–H groups in total. The van der Waals surface area contributed by atoms with Crippen molar-refractivity contribution in [3.63, 3.8) is 0 Å². The van der Waals surface area contributed by atoms with Gasteiger partial charge in [0.05, 0.1) is 5.56 Å². The molecule has 0 atom stereocenters. The third-order valence-corrected chi connectivity index (χ3v) is 5.38. The summed E-state index contributed by atoms with van der Waals surface area (Å²) in [5.74, 6) is 7.71. The van der Waals surface area contributed by atoms with E-state index in [2.05, 4.69) is 43.9 Å². The number of thioether (sulfide) groups is 1. The summed E-state index contributed by atoms with van der Waals surface area (Å²) in [5, 5.41) is 9.76. The zero-order valence-corrected chi connectivity index (χ0v) is 13.8. The number of para-hydroxylation sites is 1. The Balaban J connectivity index is 1.88. The molecule has 0 aromatic heterocycles. The van der Waals surface area contributed by atoms with Gasteiger partial charge >= 0.3 is 0 Å². The average Bonchev–Trinajstić information content (AvgIpc) is 2.49. The van der Waals surface area contributed by atoms with Crippen molar-refractivity contribution in [2.75, 3.05) is 5.75 Å². The molecule has 2 heteroatoms. The lowest BCUT2D eigenvalue weighted by Crippen LogP contribution is -2.23. The van der Waals surface area contributed by atoms with Gasteiger partial charge in [-0.3, -0.25) is 0 Å². The van der Waals surface area contributed by atoms with Gasteiger partial charge in [0.25, 0.3) is 0 Å². The molecule has 112 valence electrons. The first-order valence-corrected chi connectivity index (χ1v) is 8.58. The number of benzene rings is 2. The van der Waals surface area contributed by atoms with E-state index < -0.39 is 0 Å². The van der Waals surface area contributed by atoms with Gasteiger partial charge in [0.2, 0.25) is 0 Å². The van der Waals surface area contributed by atoms with Gasteiger partial charge in [-0.05, 0) is 40.8 Å². The molecule has 1 aliphatic rings. The predicted molar refractivity (Wildman–Crippen MR) is 93.5 cm³/mol. The fraction of sp³-hybridized carbons (Fsp3) is 0.300. The second kappa shape index (κ2) is 6.10. The van der Waals surface area contributed by atoms with Crippen molar-refractivity contribution >= 4 is 11.8 Å². The number of hydrogen-bond donors (Lipinski definition) is 1. The molecule has 0 saturated carbocycles. The van der Waals surface area contributed by atoms with E-state index in [1.807, 2.05) is 30.0 Å². The predicted octanol–water partition coefficient (Wildman–Crippen LogP) is 4.76. The normalized spacial score (nSPS) is 15.5. The first kappa shape index (κ1) is 15.1. The highest BCUT2D eigenvalue weighted by molar-refractivity contribution is 7.99. The third-order valence-electron chi connectivity index (χ3n) is 4.21. The van der Waals surface area contributed by atoms with Crippen molar-refractivity contribution in [1.82, 2.24) is 0 Å². The van der Waals surface area contributed by atoms with Crippen LogP contribution in [0.3, 0.4) is 0 Å². The van der Waals surface area contributed by atoms with E-state index in [9.17, 15) is 5.11 Å². The Morgan fingerprint density at radius 3 is 2.77 bits per heavy atom. The number of aromatic hydroxyl groups is 1. The summed E-state index contributed by atoms with van der Waals surface area (Å²) in [5.41, 5.74) is 3.70. The Labute approximate surface area is 136 Å². The highest BCUT2D eigenvalue weighted by Gasteiger charge is 2.28. The summed E-state index contributed by atoms with van der Waals surface area (Å²) in [4.78, 5) is 1.41. The number of phenols is 1. The van der Waals surface area contributed by atoms with Gasteiger partial charge < -0.3 is 5.11 Å². The van der Waals surface area contributed by atoms with Crippen LogP contribution in [-0.4, -0.2) is 10.9 Å². The molecule has 0 unspecified atom stereocenters. The minimum Gasteiger partial charge on any atom is -0.507 e. The van der Waals surface area contributed by atoms with Crippen molar-refractivity contribution in [1.29, 1.82) is 0 Å². The largest absolute Gasteiger partial charge is 0.507 e. The van der Waals surface area contributed by atoms with Crippen LogP contribution in [0.4, 0.5) is 0 Å². The van der Waals surface area contributed by atoms with Crippen molar-refractivity contribution < 1.29 is 5.11 Å². The van der Waals surface area contributed by atoms with E-state index >= 15 is 0 Å². The number of fused-ring (bicyclic) bond motifs is 1. The second-order valence-electron chi connectivity index (χ2n) is 6.27. The molecular formula is C20H20OS. The fourth-order valence-electron chi connectivity index (χ4n) is 2.78. The molecule has 0 fully saturated rings. The average molecular weight is 308 g/mol. The minimum atomic E-state index is 0.251. The molecule has 0 spiro atoms. The van der Waals surface area contributed by atoms with Crippen molar-refractivity contribution in [2.24, 2.45) is 0 Å². The maximum Gasteiger partial charge on any atom is 0.131 e. The fourth-order valence-corrected chi connectivity index (χ4v) is 4.43. The summed E-state index contributed by atoms with van der Waals surface area (Å²) in [6, 6.07) is 13.8. The summed E-state index contributed by atoms with van der Waals surface area (Å²) in [6.45, 7) is 4.64. The zero-order valence-electron chi connectivity index (χ0n) is 13.0. The molecule has 1 nitrogen and oxygen atoms in total. The molecule has 0 radical (unpaired) electrons. The van der Waals surface area contributed by atoms with E-state index in [4.69, 9.17) is 0 Å². The monoisotopic (exact) mass is 308 g/mol. The van der Waals surface area contributed by atoms with Crippen LogP contribution < -0.4 is 0 Å². The Morgan fingerprint density at radius 1 is 1.14 bits per heavy atom. The molecule has 0 bridgehead atoms. The van der Waals surface area contributed by atoms with E-state index in [-0.39, 0.29) is 11.2 Å². The van der Waals surface area contributed by atoms with Gasteiger partial charge in [-0.1, -0.05) is 56.0 Å². The smallest absolute Gasteiger partial charge is 0.131 e. The van der Waals surface area contributed by atoms with Crippen molar-refractivity contribution in [2.45, 2.75) is 37.0 Å². The first-order chi connectivity index (χ1) is 10.6. The summed E-state index contributed by atoms with van der Waals surface area (Å²) in [7, 11) is 0. The van der Waals surface area contributed by atoms with Gasteiger partial charge in [0, 0.05) is 11.3 Å². The Bertz CT molecular complexity index is 750. The van der Waals surface area contributed by atoms with E-state index in [1.54, 1.807) is 6.07 Å². The number of phenolic OH excluding ortho intramolecular Hbond substituents is 1. The molecule has 1 aliphatic heterocycles. The molecule has 2 aromatic rings. The van der Waals surface area contributed by atoms with Crippen LogP contribution in [0.5, 0.6) is 5.75 Å². The maximum absolute atomic E-state index is 9.76. The Hall–Kier alpha value is -1.85. The molecule has 0 aliphatic carbocycles. The molecule has 1 heterocycles. The number of rotatable bonds is 1. The van der Waals surface area contributed by atoms with Crippen LogP contribution in [-0.2, 0) is 11.8 Å². The SMILES string of the molecule is CC1(C)CCSc2c(CC#Cc3ccccc3O)cccc21. The Morgan fingerprint density at radius 2 is 1.95 bits per heavy atom. The molecule has 3 rings (SSSR count). The highest BCUT2D eigenvalue weighted by Crippen LogP contribution is 2.43. The zero-order chi connectivity index (χ0) is 15.6. The molecule has 22 heavy (non-hydrogen) atoms. The van der Waals surface area contributed by atoms with Crippen LogP contribution in [0.25, 0.3) is 0 Å². The summed E-state index contributed by atoms with van der Waals surface area (Å²) < 4.78 is 0. The molecule has 2 aromatic carbocycles. The Kier molecular flexibility index (Phi) is 4.18. The molecular weight excluding hydrogens is 288 g/mol. The van der Waals surface area contributed by atoms with Gasteiger partial charge in [-0.15, -0.1) is 11.8 Å². The van der Waals surface area contributed by atoms with Crippen LogP contribution >= 0.6 is 11.8 Å². The lowest BCUT2D eigenvalue weighted by atomic mass is 9.81. The van der Waals surface area contributed by atoms with Crippen LogP contribution in [0.15, 0.2) is 47.4 Å². The lowest BCUT2D eigenvalue weighted by molar-refractivity contribution is 0.473. The minimum absolute atomic E-state index is 0.251. The van der Waals surface area contributed by atoms with Gasteiger partial charge in [0.15, 0.2) is 0 Å². The van der Waals surface area contributed by atoms with Crippen LogP contribution in [0, 0.1) is 11.8 Å². The molecule has 0 saturated heterocycles. The quantitative estimate of drug-likeness (QED) is 0.767. The van der Waals surface area contributed by atoms with E-state index in [0.29, 0.717) is 5.56 Å². The third kappa shape index (κ3) is 3.00. The summed E-state index contributed by atoms with van der Waals surface area (Å²) in [6.07, 6.45) is 1.94. The van der Waals surface area contributed by atoms with Crippen LogP contribution in [0.1, 0.15) is 37.0 Å². The maximum atomic E-state index is 9.76. The van der Waals surface area contributed by atoms with Gasteiger partial charge in [-0.25, -0.2) is 0 Å². The van der Waals surface area contributed by atoms with Crippen molar-refractivity contribution in [3.8, 4) is 17.6 Å². The van der Waals surface area contributed by atoms with E-state index in [0.717, 1.165) is 6.42 Å².